The molecule has 486 valence electrons. The van der Waals surface area contributed by atoms with E-state index in [0.717, 1.165) is 89.9 Å². The fraction of sp³-hybridized carbons (Fsp3) is 0.937. The van der Waals surface area contributed by atoms with E-state index >= 15 is 0 Å². The number of aliphatic hydroxyl groups is 1. The van der Waals surface area contributed by atoms with Gasteiger partial charge in [0.15, 0.2) is 12.2 Å². The molecule has 3 N–H and O–H groups in total. The van der Waals surface area contributed by atoms with Gasteiger partial charge in [0, 0.05) is 25.7 Å². The average Bonchev–Trinajstić information content (AvgIpc) is 3.44. The van der Waals surface area contributed by atoms with Crippen LogP contribution in [0.25, 0.3) is 0 Å². The van der Waals surface area contributed by atoms with Crippen LogP contribution in [0, 0.1) is 5.92 Å². The Kier molecular flexibility index (Phi) is 55.5. The molecular weight excluding hydrogens is 1090 g/mol. The van der Waals surface area contributed by atoms with Crippen molar-refractivity contribution in [1.82, 2.24) is 0 Å². The smallest absolute Gasteiger partial charge is 0.462 e. The molecule has 0 aromatic heterocycles. The van der Waals surface area contributed by atoms with E-state index in [1.54, 1.807) is 0 Å². The number of hydrogen-bond donors (Lipinski definition) is 3. The minimum atomic E-state index is -4.94. The van der Waals surface area contributed by atoms with E-state index in [1.165, 1.54) is 141 Å². The Labute approximate surface area is 498 Å². The van der Waals surface area contributed by atoms with Crippen LogP contribution < -0.4 is 0 Å². The molecule has 19 heteroatoms. The summed E-state index contributed by atoms with van der Waals surface area (Å²) in [7, 11) is -9.88. The zero-order valence-corrected chi connectivity index (χ0v) is 54.4. The van der Waals surface area contributed by atoms with Crippen molar-refractivity contribution in [2.75, 3.05) is 39.6 Å². The number of hydrogen-bond acceptors (Lipinski definition) is 15. The van der Waals surface area contributed by atoms with Gasteiger partial charge in [-0.2, -0.15) is 0 Å². The van der Waals surface area contributed by atoms with Gasteiger partial charge in [-0.3, -0.25) is 37.3 Å². The van der Waals surface area contributed by atoms with Crippen molar-refractivity contribution in [3.63, 3.8) is 0 Å². The lowest BCUT2D eigenvalue weighted by molar-refractivity contribution is -0.161. The first-order valence-corrected chi connectivity index (χ1v) is 36.1. The second kappa shape index (κ2) is 56.8. The lowest BCUT2D eigenvalue weighted by Crippen LogP contribution is -2.30. The maximum Gasteiger partial charge on any atom is 0.472 e. The van der Waals surface area contributed by atoms with E-state index < -0.39 is 97.5 Å². The quantitative estimate of drug-likeness (QED) is 0.0222. The molecule has 17 nitrogen and oxygen atoms in total. The summed E-state index contributed by atoms with van der Waals surface area (Å²) >= 11 is 0. The molecule has 0 aliphatic carbocycles. The maximum atomic E-state index is 13.0. The lowest BCUT2D eigenvalue weighted by Gasteiger charge is -2.21. The van der Waals surface area contributed by atoms with E-state index in [-0.39, 0.29) is 25.7 Å². The topological polar surface area (TPSA) is 237 Å². The summed E-state index contributed by atoms with van der Waals surface area (Å²) in [4.78, 5) is 72.1. The number of phosphoric ester groups is 2. The molecule has 0 fully saturated rings. The van der Waals surface area contributed by atoms with Crippen LogP contribution >= 0.6 is 15.6 Å². The van der Waals surface area contributed by atoms with Crippen LogP contribution in [0.4, 0.5) is 0 Å². The average molecular weight is 1210 g/mol. The third-order valence-electron chi connectivity index (χ3n) is 14.5. The Morgan fingerprint density at radius 2 is 0.561 bits per heavy atom. The number of esters is 4. The highest BCUT2D eigenvalue weighted by atomic mass is 31.2. The van der Waals surface area contributed by atoms with Crippen molar-refractivity contribution in [2.45, 2.75) is 335 Å². The van der Waals surface area contributed by atoms with Crippen molar-refractivity contribution in [3.8, 4) is 0 Å². The van der Waals surface area contributed by atoms with Crippen molar-refractivity contribution in [2.24, 2.45) is 5.92 Å². The normalized spacial score (nSPS) is 14.3. The van der Waals surface area contributed by atoms with Crippen molar-refractivity contribution < 1.29 is 80.2 Å². The van der Waals surface area contributed by atoms with Gasteiger partial charge in [0.25, 0.3) is 0 Å². The van der Waals surface area contributed by atoms with Gasteiger partial charge in [-0.1, -0.05) is 266 Å². The number of carbonyl (C=O) groups is 4. The zero-order valence-electron chi connectivity index (χ0n) is 52.6. The molecule has 0 amide bonds. The fourth-order valence-electron chi connectivity index (χ4n) is 9.41. The molecule has 0 spiro atoms. The minimum absolute atomic E-state index is 0.102. The molecule has 0 heterocycles. The molecule has 2 unspecified atom stereocenters. The van der Waals surface area contributed by atoms with Crippen LogP contribution in [0.2, 0.25) is 0 Å². The number of rotatable bonds is 63. The van der Waals surface area contributed by atoms with Crippen LogP contribution in [0.15, 0.2) is 0 Å². The van der Waals surface area contributed by atoms with E-state index in [2.05, 4.69) is 34.6 Å². The Balaban J connectivity index is 5.23. The maximum absolute atomic E-state index is 13.0. The molecule has 0 aromatic carbocycles. The zero-order chi connectivity index (χ0) is 60.6. The first kappa shape index (κ1) is 80.1. The van der Waals surface area contributed by atoms with E-state index in [0.29, 0.717) is 31.6 Å². The largest absolute Gasteiger partial charge is 0.472 e. The Morgan fingerprint density at radius 1 is 0.329 bits per heavy atom. The minimum Gasteiger partial charge on any atom is -0.462 e. The van der Waals surface area contributed by atoms with Gasteiger partial charge in [0.2, 0.25) is 0 Å². The molecule has 0 aromatic rings. The number of carbonyl (C=O) groups excluding carboxylic acids is 4. The molecule has 0 radical (unpaired) electrons. The van der Waals surface area contributed by atoms with Crippen LogP contribution in [0.5, 0.6) is 0 Å². The molecule has 0 aliphatic heterocycles. The number of ether oxygens (including phenoxy) is 4. The van der Waals surface area contributed by atoms with Crippen molar-refractivity contribution in [3.05, 3.63) is 0 Å². The summed E-state index contributed by atoms with van der Waals surface area (Å²) in [5, 5.41) is 10.5. The summed E-state index contributed by atoms with van der Waals surface area (Å²) in [6.07, 6.45) is 40.4. The van der Waals surface area contributed by atoms with Crippen LogP contribution in [-0.4, -0.2) is 96.7 Å². The van der Waals surface area contributed by atoms with Gasteiger partial charge in [0.05, 0.1) is 26.4 Å². The second-order valence-electron chi connectivity index (χ2n) is 23.3. The second-order valence-corrected chi connectivity index (χ2v) is 26.2. The summed E-state index contributed by atoms with van der Waals surface area (Å²) in [6.45, 7) is 7.08. The molecular formula is C63H122O17P2. The molecule has 0 aliphatic rings. The van der Waals surface area contributed by atoms with Gasteiger partial charge < -0.3 is 33.8 Å². The van der Waals surface area contributed by atoms with Gasteiger partial charge in [-0.25, -0.2) is 9.13 Å². The molecule has 0 rings (SSSR count). The molecule has 0 bridgehead atoms. The third kappa shape index (κ3) is 57.2. The SMILES string of the molecule is CCCCCCCCCCCCCCC(=O)OC[C@H](COP(=O)(O)OC[C@@H](O)COP(=O)(O)OC[C@@H](COC(=O)CCCCCCCCCCC)OC(=O)CCCCCCCCC(C)C)OC(=O)CCCCCCCCCCCCCC. The number of phosphoric acid groups is 2. The van der Waals surface area contributed by atoms with Crippen molar-refractivity contribution in [1.29, 1.82) is 0 Å². The predicted molar refractivity (Wildman–Crippen MR) is 326 cm³/mol. The van der Waals surface area contributed by atoms with Gasteiger partial charge >= 0.3 is 39.5 Å². The van der Waals surface area contributed by atoms with Gasteiger partial charge in [0.1, 0.15) is 19.3 Å². The monoisotopic (exact) mass is 1210 g/mol. The third-order valence-corrected chi connectivity index (χ3v) is 16.4. The van der Waals surface area contributed by atoms with Gasteiger partial charge in [-0.05, 0) is 31.6 Å². The Hall–Kier alpha value is -1.94. The summed E-state index contributed by atoms with van der Waals surface area (Å²) < 4.78 is 67.9. The summed E-state index contributed by atoms with van der Waals surface area (Å²) in [6, 6.07) is 0. The molecule has 5 atom stereocenters. The Bertz CT molecular complexity index is 1600. The fourth-order valence-corrected chi connectivity index (χ4v) is 11.0. The molecule has 82 heavy (non-hydrogen) atoms. The first-order valence-electron chi connectivity index (χ1n) is 33.1. The lowest BCUT2D eigenvalue weighted by atomic mass is 10.0. The van der Waals surface area contributed by atoms with Gasteiger partial charge in [-0.15, -0.1) is 0 Å². The van der Waals surface area contributed by atoms with E-state index in [1.807, 2.05) is 0 Å². The van der Waals surface area contributed by atoms with E-state index in [9.17, 15) is 43.2 Å². The summed E-state index contributed by atoms with van der Waals surface area (Å²) in [5.74, 6) is -1.47. The highest BCUT2D eigenvalue weighted by molar-refractivity contribution is 7.47. The molecule has 0 saturated carbocycles. The van der Waals surface area contributed by atoms with Crippen LogP contribution in [0.3, 0.4) is 0 Å². The molecule has 0 saturated heterocycles. The predicted octanol–water partition coefficient (Wildman–Crippen LogP) is 17.4. The van der Waals surface area contributed by atoms with Crippen LogP contribution in [-0.2, 0) is 65.4 Å². The number of unbranched alkanes of at least 4 members (excludes halogenated alkanes) is 35. The number of aliphatic hydroxyl groups excluding tert-OH is 1. The van der Waals surface area contributed by atoms with E-state index in [4.69, 9.17) is 37.0 Å². The Morgan fingerprint density at radius 3 is 0.829 bits per heavy atom. The first-order chi connectivity index (χ1) is 39.5. The highest BCUT2D eigenvalue weighted by Gasteiger charge is 2.30. The summed E-state index contributed by atoms with van der Waals surface area (Å²) in [5.41, 5.74) is 0. The highest BCUT2D eigenvalue weighted by Crippen LogP contribution is 2.45. The van der Waals surface area contributed by atoms with Crippen LogP contribution in [0.1, 0.15) is 317 Å². The van der Waals surface area contributed by atoms with Crippen molar-refractivity contribution >= 4 is 39.5 Å². The standard InChI is InChI=1S/C63H122O17P2/c1-6-9-12-15-18-21-23-25-28-31-37-42-47-61(66)74-52-58(79-62(67)48-43-38-32-29-26-24-22-19-16-13-10-7-2)54-77-81(69,70)75-50-57(64)51-76-82(71,72)78-55-59(80-63(68)49-44-39-34-33-35-40-45-56(4)5)53-73-60(65)46-41-36-30-27-20-17-14-11-8-3/h56-59,64H,6-55H2,1-5H3,(H,69,70)(H,71,72)/t57-,58-,59-/m1/s1.